The molecule has 0 fully saturated rings. The summed E-state index contributed by atoms with van der Waals surface area (Å²) in [6, 6.07) is 12.3. The van der Waals surface area contributed by atoms with Gasteiger partial charge in [-0.15, -0.1) is 11.3 Å². The van der Waals surface area contributed by atoms with E-state index in [1.807, 2.05) is 30.1 Å². The fourth-order valence-corrected chi connectivity index (χ4v) is 4.14. The topological polar surface area (TPSA) is 33.2 Å². The van der Waals surface area contributed by atoms with Crippen molar-refractivity contribution in [3.05, 3.63) is 64.8 Å². The van der Waals surface area contributed by atoms with E-state index in [4.69, 9.17) is 0 Å². The Morgan fingerprint density at radius 3 is 2.62 bits per heavy atom. The summed E-state index contributed by atoms with van der Waals surface area (Å²) in [5, 5.41) is 1.23. The number of aromatic nitrogens is 1. The third kappa shape index (κ3) is 3.49. The normalized spacial score (nSPS) is 10.9. The summed E-state index contributed by atoms with van der Waals surface area (Å²) in [5.74, 6) is 0.133. The third-order valence-electron chi connectivity index (χ3n) is 4.22. The quantitative estimate of drug-likeness (QED) is 0.660. The third-order valence-corrected chi connectivity index (χ3v) is 5.43. The van der Waals surface area contributed by atoms with E-state index in [9.17, 15) is 4.79 Å². The standard InChI is InChI=1S/C20H22N2OS/c1-3-6-17-16-7-4-5-8-18(16)24-19(17)20(23)22(2)14-11-15-9-12-21-13-10-15/h4-5,7-10,12-13H,3,6,11,14H2,1-2H3. The van der Waals surface area contributed by atoms with Crippen LogP contribution in [0.3, 0.4) is 0 Å². The molecule has 0 aliphatic heterocycles. The van der Waals surface area contributed by atoms with Crippen molar-refractivity contribution >= 4 is 27.3 Å². The summed E-state index contributed by atoms with van der Waals surface area (Å²) in [6.07, 6.45) is 6.43. The Bertz CT molecular complexity index is 826. The van der Waals surface area contributed by atoms with Gasteiger partial charge < -0.3 is 4.90 Å². The lowest BCUT2D eigenvalue weighted by Gasteiger charge is -2.17. The van der Waals surface area contributed by atoms with Crippen LogP contribution in [-0.2, 0) is 12.8 Å². The number of aryl methyl sites for hydroxylation is 1. The molecule has 0 N–H and O–H groups in total. The van der Waals surface area contributed by atoms with Crippen LogP contribution in [0.2, 0.25) is 0 Å². The molecular weight excluding hydrogens is 316 g/mol. The SMILES string of the molecule is CCCc1c(C(=O)N(C)CCc2ccncc2)sc2ccccc12. The highest BCUT2D eigenvalue weighted by Crippen LogP contribution is 2.33. The lowest BCUT2D eigenvalue weighted by molar-refractivity contribution is 0.0800. The van der Waals surface area contributed by atoms with Gasteiger partial charge in [0, 0.05) is 30.7 Å². The van der Waals surface area contributed by atoms with E-state index in [0.717, 1.165) is 24.1 Å². The summed E-state index contributed by atoms with van der Waals surface area (Å²) < 4.78 is 1.20. The molecule has 0 aliphatic carbocycles. The van der Waals surface area contributed by atoms with E-state index in [0.29, 0.717) is 6.54 Å². The van der Waals surface area contributed by atoms with E-state index < -0.39 is 0 Å². The Labute approximate surface area is 147 Å². The summed E-state index contributed by atoms with van der Waals surface area (Å²) in [7, 11) is 1.89. The van der Waals surface area contributed by atoms with Gasteiger partial charge in [0.1, 0.15) is 0 Å². The highest BCUT2D eigenvalue weighted by Gasteiger charge is 2.20. The van der Waals surface area contributed by atoms with Crippen molar-refractivity contribution < 1.29 is 4.79 Å². The highest BCUT2D eigenvalue weighted by molar-refractivity contribution is 7.21. The molecule has 3 nitrogen and oxygen atoms in total. The van der Waals surface area contributed by atoms with Gasteiger partial charge in [0.25, 0.3) is 5.91 Å². The van der Waals surface area contributed by atoms with Crippen LogP contribution < -0.4 is 0 Å². The molecule has 0 bridgehead atoms. The van der Waals surface area contributed by atoms with Crippen LogP contribution in [0.1, 0.15) is 34.1 Å². The number of amides is 1. The predicted octanol–water partition coefficient (Wildman–Crippen LogP) is 4.56. The number of carbonyl (C=O) groups excluding carboxylic acids is 1. The summed E-state index contributed by atoms with van der Waals surface area (Å²) >= 11 is 1.62. The van der Waals surface area contributed by atoms with Gasteiger partial charge in [-0.2, -0.15) is 0 Å². The number of nitrogens with zero attached hydrogens (tertiary/aromatic N) is 2. The van der Waals surface area contributed by atoms with Crippen molar-refractivity contribution in [2.75, 3.05) is 13.6 Å². The van der Waals surface area contributed by atoms with Crippen LogP contribution in [0.25, 0.3) is 10.1 Å². The maximum absolute atomic E-state index is 13.0. The first-order valence-electron chi connectivity index (χ1n) is 8.35. The minimum atomic E-state index is 0.133. The molecule has 1 amide bonds. The number of fused-ring (bicyclic) bond motifs is 1. The molecule has 1 aromatic carbocycles. The van der Waals surface area contributed by atoms with Gasteiger partial charge in [-0.3, -0.25) is 9.78 Å². The van der Waals surface area contributed by atoms with E-state index in [-0.39, 0.29) is 5.91 Å². The Morgan fingerprint density at radius 2 is 1.88 bits per heavy atom. The van der Waals surface area contributed by atoms with Crippen molar-refractivity contribution in [2.24, 2.45) is 0 Å². The molecule has 4 heteroatoms. The first-order chi connectivity index (χ1) is 11.7. The van der Waals surface area contributed by atoms with Crippen LogP contribution in [0.15, 0.2) is 48.8 Å². The van der Waals surface area contributed by atoms with Gasteiger partial charge >= 0.3 is 0 Å². The number of hydrogen-bond donors (Lipinski definition) is 0. The Balaban J connectivity index is 1.81. The molecule has 3 rings (SSSR count). The number of benzene rings is 1. The molecule has 124 valence electrons. The lowest BCUT2D eigenvalue weighted by atomic mass is 10.1. The molecule has 0 radical (unpaired) electrons. The fraction of sp³-hybridized carbons (Fsp3) is 0.300. The van der Waals surface area contributed by atoms with E-state index >= 15 is 0 Å². The Hall–Kier alpha value is -2.20. The molecule has 2 heterocycles. The van der Waals surface area contributed by atoms with Gasteiger partial charge in [-0.1, -0.05) is 31.5 Å². The monoisotopic (exact) mass is 338 g/mol. The summed E-state index contributed by atoms with van der Waals surface area (Å²) in [4.78, 5) is 19.7. The van der Waals surface area contributed by atoms with E-state index in [2.05, 4.69) is 30.1 Å². The average Bonchev–Trinajstić information content (AvgIpc) is 2.99. The number of pyridine rings is 1. The number of rotatable bonds is 6. The highest BCUT2D eigenvalue weighted by atomic mass is 32.1. The van der Waals surface area contributed by atoms with Crippen molar-refractivity contribution in [1.82, 2.24) is 9.88 Å². The molecule has 0 atom stereocenters. The van der Waals surface area contributed by atoms with Gasteiger partial charge in [0.05, 0.1) is 4.88 Å². The second kappa shape index (κ2) is 7.58. The molecule has 24 heavy (non-hydrogen) atoms. The fourth-order valence-electron chi connectivity index (χ4n) is 2.89. The zero-order valence-corrected chi connectivity index (χ0v) is 15.0. The van der Waals surface area contributed by atoms with Crippen LogP contribution in [-0.4, -0.2) is 29.4 Å². The van der Waals surface area contributed by atoms with Crippen molar-refractivity contribution in [2.45, 2.75) is 26.2 Å². The molecule has 0 saturated carbocycles. The summed E-state index contributed by atoms with van der Waals surface area (Å²) in [5.41, 5.74) is 2.41. The smallest absolute Gasteiger partial charge is 0.263 e. The molecule has 2 aromatic heterocycles. The zero-order valence-electron chi connectivity index (χ0n) is 14.2. The first-order valence-corrected chi connectivity index (χ1v) is 9.17. The second-order valence-corrected chi connectivity index (χ2v) is 7.04. The number of carbonyl (C=O) groups is 1. The molecule has 3 aromatic rings. The molecule has 0 aliphatic rings. The lowest BCUT2D eigenvalue weighted by Crippen LogP contribution is -2.28. The van der Waals surface area contributed by atoms with Crippen LogP contribution in [0, 0.1) is 0 Å². The van der Waals surface area contributed by atoms with Crippen LogP contribution >= 0.6 is 11.3 Å². The second-order valence-electron chi connectivity index (χ2n) is 5.99. The zero-order chi connectivity index (χ0) is 16.9. The Kier molecular flexibility index (Phi) is 5.26. The number of thiophene rings is 1. The predicted molar refractivity (Wildman–Crippen MR) is 101 cm³/mol. The van der Waals surface area contributed by atoms with E-state index in [1.165, 1.54) is 21.2 Å². The van der Waals surface area contributed by atoms with Crippen LogP contribution in [0.5, 0.6) is 0 Å². The molecule has 0 spiro atoms. The van der Waals surface area contributed by atoms with Crippen molar-refractivity contribution in [3.8, 4) is 0 Å². The number of likely N-dealkylation sites (N-methyl/N-ethyl adjacent to an activating group) is 1. The van der Waals surface area contributed by atoms with Gasteiger partial charge in [-0.25, -0.2) is 0 Å². The summed E-state index contributed by atoms with van der Waals surface area (Å²) in [6.45, 7) is 2.87. The maximum atomic E-state index is 13.0. The maximum Gasteiger partial charge on any atom is 0.263 e. The molecule has 0 unspecified atom stereocenters. The van der Waals surface area contributed by atoms with Crippen molar-refractivity contribution in [3.63, 3.8) is 0 Å². The average molecular weight is 338 g/mol. The first kappa shape index (κ1) is 16.7. The van der Waals surface area contributed by atoms with Gasteiger partial charge in [0.15, 0.2) is 0 Å². The Morgan fingerprint density at radius 1 is 1.12 bits per heavy atom. The van der Waals surface area contributed by atoms with Gasteiger partial charge in [-0.05, 0) is 47.6 Å². The van der Waals surface area contributed by atoms with Crippen molar-refractivity contribution in [1.29, 1.82) is 0 Å². The molecule has 0 saturated heterocycles. The van der Waals surface area contributed by atoms with Gasteiger partial charge in [0.2, 0.25) is 0 Å². The minimum absolute atomic E-state index is 0.133. The van der Waals surface area contributed by atoms with E-state index in [1.54, 1.807) is 23.7 Å². The number of hydrogen-bond acceptors (Lipinski definition) is 3. The molecular formula is C20H22N2OS. The minimum Gasteiger partial charge on any atom is -0.341 e. The van der Waals surface area contributed by atoms with Crippen LogP contribution in [0.4, 0.5) is 0 Å². The largest absolute Gasteiger partial charge is 0.341 e.